The van der Waals surface area contributed by atoms with Gasteiger partial charge in [-0.1, -0.05) is 13.8 Å². The molecule has 0 aliphatic rings. The van der Waals surface area contributed by atoms with Gasteiger partial charge in [-0.15, -0.1) is 0 Å². The lowest BCUT2D eigenvalue weighted by Gasteiger charge is -2.21. The van der Waals surface area contributed by atoms with Crippen LogP contribution >= 0.6 is 12.6 Å². The molecule has 0 saturated heterocycles. The molecule has 1 N–H and O–H groups in total. The molecule has 0 aliphatic heterocycles. The van der Waals surface area contributed by atoms with E-state index in [1.807, 2.05) is 0 Å². The molecule has 0 bridgehead atoms. The van der Waals surface area contributed by atoms with E-state index in [4.69, 9.17) is 9.47 Å². The number of carbonyl (C=O) groups excluding carboxylic acids is 3. The van der Waals surface area contributed by atoms with Crippen molar-refractivity contribution in [2.75, 3.05) is 51.7 Å². The molecule has 0 aromatic carbocycles. The largest absolute Gasteiger partial charge is 0.462 e. The number of carbonyl (C=O) groups is 3. The average Bonchev–Trinajstić information content (AvgIpc) is 2.65. The number of hydrogen-bond donors (Lipinski definition) is 2. The first-order valence-electron chi connectivity index (χ1n) is 9.34. The van der Waals surface area contributed by atoms with E-state index in [0.717, 1.165) is 38.8 Å². The van der Waals surface area contributed by atoms with Crippen molar-refractivity contribution in [3.05, 3.63) is 0 Å². The normalized spacial score (nSPS) is 12.0. The Morgan fingerprint density at radius 1 is 1.15 bits per heavy atom. The van der Waals surface area contributed by atoms with Crippen molar-refractivity contribution < 1.29 is 23.9 Å². The SMILES string of the molecule is CCCNCCCN(CCC=O)CCC(=O)OCCOC(=O)C(C)CS. The van der Waals surface area contributed by atoms with E-state index < -0.39 is 0 Å². The maximum Gasteiger partial charge on any atom is 0.309 e. The van der Waals surface area contributed by atoms with Gasteiger partial charge in [0.05, 0.1) is 12.3 Å². The summed E-state index contributed by atoms with van der Waals surface area (Å²) in [4.78, 5) is 35.9. The van der Waals surface area contributed by atoms with Gasteiger partial charge in [0, 0.05) is 25.3 Å². The van der Waals surface area contributed by atoms with Crippen LogP contribution in [0.5, 0.6) is 0 Å². The molecular weight excluding hydrogens is 356 g/mol. The highest BCUT2D eigenvalue weighted by Gasteiger charge is 2.13. The predicted molar refractivity (Wildman–Crippen MR) is 104 cm³/mol. The van der Waals surface area contributed by atoms with Crippen LogP contribution in [-0.4, -0.2) is 74.8 Å². The Bertz CT molecular complexity index is 396. The fourth-order valence-electron chi connectivity index (χ4n) is 2.14. The molecule has 1 unspecified atom stereocenters. The standard InChI is InChI=1S/C18H34N2O5S/c1-3-7-19-8-4-9-20(10-5-12-21)11-6-17(22)24-13-14-25-18(23)16(2)15-26/h12,16,19,26H,3-11,13-15H2,1-2H3. The van der Waals surface area contributed by atoms with Crippen LogP contribution in [0, 0.1) is 5.92 Å². The van der Waals surface area contributed by atoms with Gasteiger partial charge < -0.3 is 24.5 Å². The number of nitrogens with zero attached hydrogens (tertiary/aromatic N) is 1. The number of rotatable bonds is 17. The van der Waals surface area contributed by atoms with E-state index in [9.17, 15) is 14.4 Å². The molecule has 0 spiro atoms. The van der Waals surface area contributed by atoms with E-state index in [2.05, 4.69) is 29.8 Å². The van der Waals surface area contributed by atoms with Gasteiger partial charge in [0.2, 0.25) is 0 Å². The summed E-state index contributed by atoms with van der Waals surface area (Å²) in [6.45, 7) is 7.91. The topological polar surface area (TPSA) is 84.9 Å². The lowest BCUT2D eigenvalue weighted by atomic mass is 10.2. The first-order valence-corrected chi connectivity index (χ1v) is 9.98. The summed E-state index contributed by atoms with van der Waals surface area (Å²) in [5.41, 5.74) is 0. The van der Waals surface area contributed by atoms with Gasteiger partial charge in [0.1, 0.15) is 19.5 Å². The Labute approximate surface area is 162 Å². The van der Waals surface area contributed by atoms with Gasteiger partial charge in [-0.05, 0) is 32.5 Å². The van der Waals surface area contributed by atoms with Crippen molar-refractivity contribution in [2.24, 2.45) is 5.92 Å². The quantitative estimate of drug-likeness (QED) is 0.168. The van der Waals surface area contributed by atoms with E-state index in [1.165, 1.54) is 0 Å². The van der Waals surface area contributed by atoms with Crippen LogP contribution in [0.25, 0.3) is 0 Å². The number of hydrogen-bond acceptors (Lipinski definition) is 8. The lowest BCUT2D eigenvalue weighted by Crippen LogP contribution is -2.31. The molecule has 7 nitrogen and oxygen atoms in total. The lowest BCUT2D eigenvalue weighted by molar-refractivity contribution is -0.154. The Balaban J connectivity index is 3.92. The first-order chi connectivity index (χ1) is 12.5. The van der Waals surface area contributed by atoms with E-state index in [0.29, 0.717) is 25.3 Å². The van der Waals surface area contributed by atoms with Crippen molar-refractivity contribution in [3.8, 4) is 0 Å². The van der Waals surface area contributed by atoms with E-state index in [-0.39, 0.29) is 37.5 Å². The fraction of sp³-hybridized carbons (Fsp3) is 0.833. The minimum atomic E-state index is -0.340. The zero-order valence-electron chi connectivity index (χ0n) is 16.1. The second kappa shape index (κ2) is 17.3. The minimum Gasteiger partial charge on any atom is -0.462 e. The summed E-state index contributed by atoms with van der Waals surface area (Å²) in [5.74, 6) is -0.521. The molecule has 1 atom stereocenters. The van der Waals surface area contributed by atoms with Crippen LogP contribution in [0.1, 0.15) is 39.5 Å². The number of aldehydes is 1. The zero-order chi connectivity index (χ0) is 19.6. The molecule has 0 aliphatic carbocycles. The molecule has 0 aromatic rings. The van der Waals surface area contributed by atoms with Crippen molar-refractivity contribution >= 4 is 30.9 Å². The van der Waals surface area contributed by atoms with Gasteiger partial charge in [0.25, 0.3) is 0 Å². The molecule has 152 valence electrons. The summed E-state index contributed by atoms with van der Waals surface area (Å²) in [6, 6.07) is 0. The summed E-state index contributed by atoms with van der Waals surface area (Å²) in [7, 11) is 0. The molecular formula is C18H34N2O5S. The Morgan fingerprint density at radius 3 is 2.54 bits per heavy atom. The van der Waals surface area contributed by atoms with E-state index >= 15 is 0 Å². The molecule has 8 heteroatoms. The number of nitrogens with one attached hydrogen (secondary N) is 1. The van der Waals surface area contributed by atoms with Crippen LogP contribution in [0.3, 0.4) is 0 Å². The van der Waals surface area contributed by atoms with Gasteiger partial charge in [0.15, 0.2) is 0 Å². The summed E-state index contributed by atoms with van der Waals surface area (Å²) >= 11 is 4.03. The first kappa shape index (κ1) is 24.9. The highest BCUT2D eigenvalue weighted by Crippen LogP contribution is 2.01. The predicted octanol–water partition coefficient (Wildman–Crippen LogP) is 1.31. The molecule has 0 amide bonds. The number of thiol groups is 1. The van der Waals surface area contributed by atoms with Crippen LogP contribution in [0.2, 0.25) is 0 Å². The minimum absolute atomic E-state index is 0.0547. The molecule has 0 heterocycles. The van der Waals surface area contributed by atoms with E-state index in [1.54, 1.807) is 6.92 Å². The Hall–Kier alpha value is -1.12. The second-order valence-electron chi connectivity index (χ2n) is 6.12. The third-order valence-electron chi connectivity index (χ3n) is 3.72. The molecule has 26 heavy (non-hydrogen) atoms. The molecule has 0 saturated carbocycles. The van der Waals surface area contributed by atoms with Crippen LogP contribution in [0.15, 0.2) is 0 Å². The highest BCUT2D eigenvalue weighted by molar-refractivity contribution is 7.80. The van der Waals surface area contributed by atoms with Crippen molar-refractivity contribution in [2.45, 2.75) is 39.5 Å². The Morgan fingerprint density at radius 2 is 1.88 bits per heavy atom. The maximum absolute atomic E-state index is 11.8. The van der Waals surface area contributed by atoms with Crippen molar-refractivity contribution in [1.29, 1.82) is 0 Å². The van der Waals surface area contributed by atoms with Crippen LogP contribution < -0.4 is 5.32 Å². The molecule has 0 aromatic heterocycles. The molecule has 0 rings (SSSR count). The Kier molecular flexibility index (Phi) is 16.6. The second-order valence-corrected chi connectivity index (χ2v) is 6.49. The van der Waals surface area contributed by atoms with Gasteiger partial charge >= 0.3 is 11.9 Å². The smallest absolute Gasteiger partial charge is 0.309 e. The maximum atomic E-state index is 11.8. The van der Waals surface area contributed by atoms with Gasteiger partial charge in [-0.3, -0.25) is 9.59 Å². The van der Waals surface area contributed by atoms with Gasteiger partial charge in [-0.2, -0.15) is 12.6 Å². The third-order valence-corrected chi connectivity index (χ3v) is 4.26. The third kappa shape index (κ3) is 14.1. The van der Waals surface area contributed by atoms with Gasteiger partial charge in [-0.25, -0.2) is 0 Å². The highest BCUT2D eigenvalue weighted by atomic mass is 32.1. The fourth-order valence-corrected chi connectivity index (χ4v) is 2.29. The average molecular weight is 391 g/mol. The zero-order valence-corrected chi connectivity index (χ0v) is 17.0. The number of esters is 2. The van der Waals surface area contributed by atoms with Crippen molar-refractivity contribution in [1.82, 2.24) is 10.2 Å². The molecule has 0 radical (unpaired) electrons. The summed E-state index contributed by atoms with van der Waals surface area (Å²) in [6.07, 6.45) is 3.66. The number of ether oxygens (including phenoxy) is 2. The summed E-state index contributed by atoms with van der Waals surface area (Å²) < 4.78 is 10.1. The monoisotopic (exact) mass is 390 g/mol. The van der Waals surface area contributed by atoms with Crippen LogP contribution in [-0.2, 0) is 23.9 Å². The van der Waals surface area contributed by atoms with Crippen molar-refractivity contribution in [3.63, 3.8) is 0 Å². The summed E-state index contributed by atoms with van der Waals surface area (Å²) in [5, 5.41) is 3.33. The molecule has 0 fully saturated rings. The van der Waals surface area contributed by atoms with Crippen LogP contribution in [0.4, 0.5) is 0 Å².